The zero-order valence-corrected chi connectivity index (χ0v) is 10.6. The van der Waals surface area contributed by atoms with E-state index in [4.69, 9.17) is 10.5 Å². The molecule has 2 N–H and O–H groups in total. The molecule has 1 aromatic rings. The highest BCUT2D eigenvalue weighted by molar-refractivity contribution is 5.23. The summed E-state index contributed by atoms with van der Waals surface area (Å²) < 4.78 is 5.25. The Labute approximate surface area is 107 Å². The zero-order valence-electron chi connectivity index (χ0n) is 10.6. The third-order valence-electron chi connectivity index (χ3n) is 3.94. The lowest BCUT2D eigenvalue weighted by atomic mass is 9.98. The van der Waals surface area contributed by atoms with Gasteiger partial charge in [0, 0.05) is 51.2 Å². The van der Waals surface area contributed by atoms with Gasteiger partial charge in [-0.15, -0.1) is 0 Å². The smallest absolute Gasteiger partial charge is 0.237 e. The number of aromatic nitrogens is 2. The van der Waals surface area contributed by atoms with Crippen LogP contribution in [0.3, 0.4) is 0 Å². The highest BCUT2D eigenvalue weighted by Gasteiger charge is 2.37. The first-order valence-electron chi connectivity index (χ1n) is 6.36. The number of nitrogens with two attached hydrogens (primary N) is 1. The summed E-state index contributed by atoms with van der Waals surface area (Å²) in [6, 6.07) is 0.176. The van der Waals surface area contributed by atoms with Crippen molar-refractivity contribution in [2.24, 2.45) is 5.73 Å². The predicted molar refractivity (Wildman–Crippen MR) is 67.3 cm³/mol. The molecule has 0 amide bonds. The Hall–Kier alpha value is -1.24. The molecule has 2 atom stereocenters. The van der Waals surface area contributed by atoms with Crippen LogP contribution in [0.2, 0.25) is 0 Å². The Morgan fingerprint density at radius 1 is 1.28 bits per heavy atom. The molecule has 3 saturated heterocycles. The first-order valence-corrected chi connectivity index (χ1v) is 6.36. The SMILES string of the molecule is COc1nccnc1C(N)C1CN2CCN1CC2. The van der Waals surface area contributed by atoms with Crippen LogP contribution in [0.5, 0.6) is 5.88 Å². The maximum Gasteiger partial charge on any atom is 0.237 e. The van der Waals surface area contributed by atoms with Gasteiger partial charge in [0.25, 0.3) is 0 Å². The fraction of sp³-hybridized carbons (Fsp3) is 0.667. The van der Waals surface area contributed by atoms with E-state index in [2.05, 4.69) is 19.8 Å². The fourth-order valence-corrected chi connectivity index (χ4v) is 2.90. The minimum atomic E-state index is -0.142. The zero-order chi connectivity index (χ0) is 12.5. The third kappa shape index (κ3) is 1.96. The Balaban J connectivity index is 1.83. The molecule has 98 valence electrons. The maximum atomic E-state index is 6.38. The molecule has 0 radical (unpaired) electrons. The van der Waals surface area contributed by atoms with Gasteiger partial charge in [-0.3, -0.25) is 14.8 Å². The maximum absolute atomic E-state index is 6.38. The summed E-state index contributed by atoms with van der Waals surface area (Å²) >= 11 is 0. The van der Waals surface area contributed by atoms with Crippen LogP contribution in [0.15, 0.2) is 12.4 Å². The average molecular weight is 249 g/mol. The van der Waals surface area contributed by atoms with Crippen molar-refractivity contribution in [2.75, 3.05) is 39.8 Å². The Bertz CT molecular complexity index is 419. The molecule has 6 heteroatoms. The molecule has 0 spiro atoms. The molecule has 1 aromatic heterocycles. The number of hydrogen-bond donors (Lipinski definition) is 1. The molecule has 18 heavy (non-hydrogen) atoms. The van der Waals surface area contributed by atoms with Crippen molar-refractivity contribution in [3.05, 3.63) is 18.1 Å². The van der Waals surface area contributed by atoms with Gasteiger partial charge in [-0.1, -0.05) is 0 Å². The van der Waals surface area contributed by atoms with E-state index in [0.29, 0.717) is 11.9 Å². The van der Waals surface area contributed by atoms with Crippen molar-refractivity contribution < 1.29 is 4.74 Å². The van der Waals surface area contributed by atoms with E-state index in [0.717, 1.165) is 38.4 Å². The van der Waals surface area contributed by atoms with E-state index in [1.807, 2.05) is 0 Å². The molecular formula is C12H19N5O. The molecular weight excluding hydrogens is 230 g/mol. The first kappa shape index (κ1) is 11.8. The largest absolute Gasteiger partial charge is 0.480 e. The van der Waals surface area contributed by atoms with Crippen LogP contribution in [0.1, 0.15) is 11.7 Å². The summed E-state index contributed by atoms with van der Waals surface area (Å²) in [5.41, 5.74) is 7.14. The van der Waals surface area contributed by atoms with Gasteiger partial charge < -0.3 is 10.5 Å². The predicted octanol–water partition coefficient (Wildman–Crippen LogP) is -0.515. The van der Waals surface area contributed by atoms with E-state index in [1.165, 1.54) is 0 Å². The molecule has 3 fully saturated rings. The van der Waals surface area contributed by atoms with Crippen LogP contribution in [-0.4, -0.2) is 65.6 Å². The second kappa shape index (κ2) is 4.79. The molecule has 2 bridgehead atoms. The Morgan fingerprint density at radius 2 is 2.00 bits per heavy atom. The van der Waals surface area contributed by atoms with Gasteiger partial charge in [-0.25, -0.2) is 4.98 Å². The number of rotatable bonds is 3. The Kier molecular flexibility index (Phi) is 3.15. The van der Waals surface area contributed by atoms with E-state index in [9.17, 15) is 0 Å². The standard InChI is InChI=1S/C12H19N5O/c1-18-12-11(14-2-3-15-12)10(13)9-8-16-4-6-17(9)7-5-16/h2-3,9-10H,4-8,13H2,1H3. The molecule has 0 saturated carbocycles. The topological polar surface area (TPSA) is 67.5 Å². The summed E-state index contributed by atoms with van der Waals surface area (Å²) in [5, 5.41) is 0. The van der Waals surface area contributed by atoms with E-state index in [-0.39, 0.29) is 6.04 Å². The van der Waals surface area contributed by atoms with Crippen LogP contribution < -0.4 is 10.5 Å². The van der Waals surface area contributed by atoms with Gasteiger partial charge >= 0.3 is 0 Å². The minimum absolute atomic E-state index is 0.142. The number of methoxy groups -OCH3 is 1. The van der Waals surface area contributed by atoms with Crippen molar-refractivity contribution in [3.8, 4) is 5.88 Å². The van der Waals surface area contributed by atoms with E-state index < -0.39 is 0 Å². The van der Waals surface area contributed by atoms with Gasteiger partial charge in [0.1, 0.15) is 5.69 Å². The molecule has 6 nitrogen and oxygen atoms in total. The number of hydrogen-bond acceptors (Lipinski definition) is 6. The van der Waals surface area contributed by atoms with Crippen molar-refractivity contribution in [1.29, 1.82) is 0 Å². The number of fused-ring (bicyclic) bond motifs is 3. The van der Waals surface area contributed by atoms with Gasteiger partial charge in [0.2, 0.25) is 5.88 Å². The second-order valence-corrected chi connectivity index (χ2v) is 4.88. The van der Waals surface area contributed by atoms with Crippen molar-refractivity contribution >= 4 is 0 Å². The van der Waals surface area contributed by atoms with Crippen LogP contribution in [0, 0.1) is 0 Å². The van der Waals surface area contributed by atoms with Crippen LogP contribution in [0.4, 0.5) is 0 Å². The summed E-state index contributed by atoms with van der Waals surface area (Å²) in [5.74, 6) is 0.544. The van der Waals surface area contributed by atoms with E-state index >= 15 is 0 Å². The number of piperazine rings is 3. The molecule has 4 rings (SSSR count). The summed E-state index contributed by atoms with van der Waals surface area (Å²) in [6.07, 6.45) is 3.31. The lowest BCUT2D eigenvalue weighted by Crippen LogP contribution is -2.63. The van der Waals surface area contributed by atoms with Crippen molar-refractivity contribution in [2.45, 2.75) is 12.1 Å². The highest BCUT2D eigenvalue weighted by Crippen LogP contribution is 2.27. The normalized spacial score (nSPS) is 32.2. The van der Waals surface area contributed by atoms with Gasteiger partial charge in [0.05, 0.1) is 13.2 Å². The van der Waals surface area contributed by atoms with Crippen LogP contribution >= 0.6 is 0 Å². The molecule has 3 aliphatic rings. The van der Waals surface area contributed by atoms with Crippen LogP contribution in [0.25, 0.3) is 0 Å². The van der Waals surface area contributed by atoms with Crippen LogP contribution in [-0.2, 0) is 0 Å². The van der Waals surface area contributed by atoms with Crippen molar-refractivity contribution in [1.82, 2.24) is 19.8 Å². The molecule has 4 heterocycles. The summed E-state index contributed by atoms with van der Waals surface area (Å²) in [7, 11) is 1.61. The number of nitrogens with zero attached hydrogens (tertiary/aromatic N) is 4. The fourth-order valence-electron chi connectivity index (χ4n) is 2.90. The molecule has 0 aromatic carbocycles. The quantitative estimate of drug-likeness (QED) is 0.778. The van der Waals surface area contributed by atoms with E-state index in [1.54, 1.807) is 19.5 Å². The third-order valence-corrected chi connectivity index (χ3v) is 3.94. The lowest BCUT2D eigenvalue weighted by Gasteiger charge is -2.49. The number of ether oxygens (including phenoxy) is 1. The average Bonchev–Trinajstić information content (AvgIpc) is 2.47. The van der Waals surface area contributed by atoms with Gasteiger partial charge in [-0.2, -0.15) is 0 Å². The monoisotopic (exact) mass is 249 g/mol. The highest BCUT2D eigenvalue weighted by atomic mass is 16.5. The first-order chi connectivity index (χ1) is 8.79. The van der Waals surface area contributed by atoms with Crippen molar-refractivity contribution in [3.63, 3.8) is 0 Å². The summed E-state index contributed by atoms with van der Waals surface area (Å²) in [6.45, 7) is 5.52. The molecule has 3 aliphatic heterocycles. The second-order valence-electron chi connectivity index (χ2n) is 4.88. The molecule has 0 aliphatic carbocycles. The lowest BCUT2D eigenvalue weighted by molar-refractivity contribution is 0.00121. The summed E-state index contributed by atoms with van der Waals surface area (Å²) in [4.78, 5) is 13.5. The minimum Gasteiger partial charge on any atom is -0.480 e. The Morgan fingerprint density at radius 3 is 2.61 bits per heavy atom. The molecule has 2 unspecified atom stereocenters. The van der Waals surface area contributed by atoms with Gasteiger partial charge in [-0.05, 0) is 0 Å². The van der Waals surface area contributed by atoms with Gasteiger partial charge in [0.15, 0.2) is 0 Å².